The zero-order valence-corrected chi connectivity index (χ0v) is 13.2. The van der Waals surface area contributed by atoms with Crippen LogP contribution in [0.15, 0.2) is 48.5 Å². The third-order valence-electron chi connectivity index (χ3n) is 3.17. The van der Waals surface area contributed by atoms with Gasteiger partial charge in [0.15, 0.2) is 0 Å². The quantitative estimate of drug-likeness (QED) is 0.829. The van der Waals surface area contributed by atoms with Crippen LogP contribution in [0.4, 0.5) is 5.69 Å². The molecular weight excluding hydrogens is 294 g/mol. The maximum Gasteiger partial charge on any atom is 0.338 e. The Hall–Kier alpha value is -2.82. The number of benzene rings is 2. The predicted octanol–water partition coefficient (Wildman–Crippen LogP) is 3.51. The third kappa shape index (κ3) is 4.57. The Morgan fingerprint density at radius 2 is 1.57 bits per heavy atom. The van der Waals surface area contributed by atoms with Crippen molar-refractivity contribution in [3.8, 4) is 5.75 Å². The molecule has 0 fully saturated rings. The molecule has 2 aromatic carbocycles. The Morgan fingerprint density at radius 1 is 0.957 bits per heavy atom. The number of esters is 1. The minimum Gasteiger partial charge on any atom is -0.497 e. The summed E-state index contributed by atoms with van der Waals surface area (Å²) >= 11 is 0. The van der Waals surface area contributed by atoms with E-state index in [1.807, 2.05) is 6.92 Å². The zero-order chi connectivity index (χ0) is 16.7. The van der Waals surface area contributed by atoms with E-state index in [2.05, 4.69) is 5.32 Å². The molecule has 0 radical (unpaired) electrons. The van der Waals surface area contributed by atoms with Crippen LogP contribution in [0.5, 0.6) is 5.75 Å². The Balaban J connectivity index is 1.99. The largest absolute Gasteiger partial charge is 0.497 e. The smallest absolute Gasteiger partial charge is 0.338 e. The molecule has 2 aromatic rings. The Bertz CT molecular complexity index is 662. The van der Waals surface area contributed by atoms with Crippen LogP contribution in [0.3, 0.4) is 0 Å². The molecule has 0 aromatic heterocycles. The van der Waals surface area contributed by atoms with Crippen LogP contribution in [0.1, 0.15) is 34.1 Å². The second-order valence-electron chi connectivity index (χ2n) is 4.90. The van der Waals surface area contributed by atoms with Gasteiger partial charge in [0.05, 0.1) is 19.3 Å². The summed E-state index contributed by atoms with van der Waals surface area (Å²) in [5, 5.41) is 2.77. The highest BCUT2D eigenvalue weighted by molar-refractivity contribution is 6.04. The fraction of sp³-hybridized carbons (Fsp3) is 0.222. The Labute approximate surface area is 135 Å². The standard InChI is InChI=1S/C18H19NO4/c1-3-12-23-18(21)14-4-8-15(9-5-14)19-17(20)13-6-10-16(22-2)11-7-13/h4-11H,3,12H2,1-2H3,(H,19,20). The van der Waals surface area contributed by atoms with Gasteiger partial charge in [-0.25, -0.2) is 4.79 Å². The monoisotopic (exact) mass is 313 g/mol. The van der Waals surface area contributed by atoms with Crippen molar-refractivity contribution in [1.29, 1.82) is 0 Å². The van der Waals surface area contributed by atoms with E-state index < -0.39 is 0 Å². The zero-order valence-electron chi connectivity index (χ0n) is 13.2. The second kappa shape index (κ2) is 7.98. The van der Waals surface area contributed by atoms with Gasteiger partial charge in [0.25, 0.3) is 5.91 Å². The van der Waals surface area contributed by atoms with Gasteiger partial charge >= 0.3 is 5.97 Å². The lowest BCUT2D eigenvalue weighted by Gasteiger charge is -2.07. The van der Waals surface area contributed by atoms with Crippen molar-refractivity contribution < 1.29 is 19.1 Å². The van der Waals surface area contributed by atoms with Gasteiger partial charge in [-0.05, 0) is 55.0 Å². The molecule has 5 heteroatoms. The summed E-state index contributed by atoms with van der Waals surface area (Å²) in [5.74, 6) is 0.102. The molecule has 1 amide bonds. The lowest BCUT2D eigenvalue weighted by molar-refractivity contribution is 0.0505. The van der Waals surface area contributed by atoms with Crippen molar-refractivity contribution in [2.24, 2.45) is 0 Å². The maximum atomic E-state index is 12.1. The van der Waals surface area contributed by atoms with E-state index in [1.54, 1.807) is 55.6 Å². The minimum absolute atomic E-state index is 0.228. The fourth-order valence-corrected chi connectivity index (χ4v) is 1.91. The van der Waals surface area contributed by atoms with E-state index in [9.17, 15) is 9.59 Å². The van der Waals surface area contributed by atoms with Crippen molar-refractivity contribution in [3.63, 3.8) is 0 Å². The summed E-state index contributed by atoms with van der Waals surface area (Å²) in [4.78, 5) is 23.8. The maximum absolute atomic E-state index is 12.1. The molecule has 1 N–H and O–H groups in total. The highest BCUT2D eigenvalue weighted by Gasteiger charge is 2.09. The van der Waals surface area contributed by atoms with Gasteiger partial charge in [-0.1, -0.05) is 6.92 Å². The summed E-state index contributed by atoms with van der Waals surface area (Å²) in [6.45, 7) is 2.33. The van der Waals surface area contributed by atoms with Gasteiger partial charge in [-0.15, -0.1) is 0 Å². The van der Waals surface area contributed by atoms with Crippen LogP contribution in [0.25, 0.3) is 0 Å². The van der Waals surface area contributed by atoms with Crippen molar-refractivity contribution >= 4 is 17.6 Å². The van der Waals surface area contributed by atoms with Crippen LogP contribution in [0, 0.1) is 0 Å². The highest BCUT2D eigenvalue weighted by atomic mass is 16.5. The summed E-state index contributed by atoms with van der Waals surface area (Å²) in [5.41, 5.74) is 1.59. The number of carbonyl (C=O) groups is 2. The summed E-state index contributed by atoms with van der Waals surface area (Å²) in [7, 11) is 1.57. The molecule has 5 nitrogen and oxygen atoms in total. The summed E-state index contributed by atoms with van der Waals surface area (Å²) < 4.78 is 10.1. The number of hydrogen-bond donors (Lipinski definition) is 1. The first-order valence-electron chi connectivity index (χ1n) is 7.36. The predicted molar refractivity (Wildman–Crippen MR) is 88.0 cm³/mol. The van der Waals surface area contributed by atoms with Crippen molar-refractivity contribution in [1.82, 2.24) is 0 Å². The van der Waals surface area contributed by atoms with Gasteiger partial charge in [0.2, 0.25) is 0 Å². The van der Waals surface area contributed by atoms with Crippen molar-refractivity contribution in [3.05, 3.63) is 59.7 Å². The third-order valence-corrected chi connectivity index (χ3v) is 3.17. The highest BCUT2D eigenvalue weighted by Crippen LogP contribution is 2.15. The number of carbonyl (C=O) groups excluding carboxylic acids is 2. The summed E-state index contributed by atoms with van der Waals surface area (Å²) in [6.07, 6.45) is 0.780. The number of hydrogen-bond acceptors (Lipinski definition) is 4. The molecule has 0 saturated heterocycles. The lowest BCUT2D eigenvalue weighted by atomic mass is 10.1. The normalized spacial score (nSPS) is 10.0. The first kappa shape index (κ1) is 16.5. The Kier molecular flexibility index (Phi) is 5.74. The number of nitrogens with one attached hydrogen (secondary N) is 1. The molecule has 0 spiro atoms. The van der Waals surface area contributed by atoms with Crippen LogP contribution in [-0.4, -0.2) is 25.6 Å². The number of rotatable bonds is 6. The molecule has 23 heavy (non-hydrogen) atoms. The number of anilines is 1. The van der Waals surface area contributed by atoms with Gasteiger partial charge < -0.3 is 14.8 Å². The molecule has 120 valence electrons. The van der Waals surface area contributed by atoms with E-state index in [4.69, 9.17) is 9.47 Å². The van der Waals surface area contributed by atoms with Crippen LogP contribution in [-0.2, 0) is 4.74 Å². The molecule has 0 heterocycles. The molecule has 0 unspecified atom stereocenters. The van der Waals surface area contributed by atoms with Gasteiger partial charge in [0, 0.05) is 11.3 Å². The van der Waals surface area contributed by atoms with Crippen LogP contribution >= 0.6 is 0 Å². The van der Waals surface area contributed by atoms with Gasteiger partial charge in [0.1, 0.15) is 5.75 Å². The van der Waals surface area contributed by atoms with Gasteiger partial charge in [-0.3, -0.25) is 4.79 Å². The first-order chi connectivity index (χ1) is 11.1. The van der Waals surface area contributed by atoms with E-state index in [0.717, 1.165) is 6.42 Å². The molecule has 0 bridgehead atoms. The van der Waals surface area contributed by atoms with E-state index >= 15 is 0 Å². The molecule has 0 aliphatic rings. The molecule has 0 saturated carbocycles. The first-order valence-corrected chi connectivity index (χ1v) is 7.36. The minimum atomic E-state index is -0.361. The number of methoxy groups -OCH3 is 1. The van der Waals surface area contributed by atoms with E-state index in [-0.39, 0.29) is 11.9 Å². The average molecular weight is 313 g/mol. The molecule has 0 aliphatic carbocycles. The lowest BCUT2D eigenvalue weighted by Crippen LogP contribution is -2.12. The van der Waals surface area contributed by atoms with Crippen molar-refractivity contribution in [2.75, 3.05) is 19.0 Å². The topological polar surface area (TPSA) is 64.6 Å². The Morgan fingerprint density at radius 3 is 2.13 bits per heavy atom. The molecular formula is C18H19NO4. The number of ether oxygens (including phenoxy) is 2. The second-order valence-corrected chi connectivity index (χ2v) is 4.90. The van der Waals surface area contributed by atoms with Crippen LogP contribution < -0.4 is 10.1 Å². The van der Waals surface area contributed by atoms with Crippen molar-refractivity contribution in [2.45, 2.75) is 13.3 Å². The SMILES string of the molecule is CCCOC(=O)c1ccc(NC(=O)c2ccc(OC)cc2)cc1. The summed E-state index contributed by atoms with van der Waals surface area (Å²) in [6, 6.07) is 13.4. The average Bonchev–Trinajstić information content (AvgIpc) is 2.60. The molecule has 0 aliphatic heterocycles. The molecule has 2 rings (SSSR count). The van der Waals surface area contributed by atoms with E-state index in [0.29, 0.717) is 29.2 Å². The number of amides is 1. The van der Waals surface area contributed by atoms with Crippen LogP contribution in [0.2, 0.25) is 0 Å². The fourth-order valence-electron chi connectivity index (χ4n) is 1.91. The van der Waals surface area contributed by atoms with E-state index in [1.165, 1.54) is 0 Å². The van der Waals surface area contributed by atoms with Gasteiger partial charge in [-0.2, -0.15) is 0 Å². The molecule has 0 atom stereocenters.